The fourth-order valence-corrected chi connectivity index (χ4v) is 2.98. The smallest absolute Gasteiger partial charge is 0.0512 e. The van der Waals surface area contributed by atoms with E-state index < -0.39 is 0 Å². The average Bonchev–Trinajstić information content (AvgIpc) is 2.35. The Morgan fingerprint density at radius 1 is 1.12 bits per heavy atom. The highest BCUT2D eigenvalue weighted by Crippen LogP contribution is 2.37. The molecular weight excluding hydrogens is 210 g/mol. The average molecular weight is 241 g/mol. The molecule has 0 spiro atoms. The molecule has 1 aliphatic heterocycles. The second-order valence-electron chi connectivity index (χ2n) is 5.89. The molecule has 0 radical (unpaired) electrons. The van der Waals surface area contributed by atoms with E-state index in [0.717, 1.165) is 6.42 Å². The number of aliphatic hydroxyl groups excluding tert-OH is 1. The van der Waals surface area contributed by atoms with Crippen LogP contribution in [0.2, 0.25) is 0 Å². The number of nitrogens with zero attached hydrogens (tertiary/aromatic N) is 1. The van der Waals surface area contributed by atoms with E-state index in [9.17, 15) is 5.11 Å². The lowest BCUT2D eigenvalue weighted by Crippen LogP contribution is -2.40. The summed E-state index contributed by atoms with van der Waals surface area (Å²) in [6, 6.07) is 0. The molecule has 1 saturated heterocycles. The summed E-state index contributed by atoms with van der Waals surface area (Å²) in [7, 11) is 0. The molecule has 0 bridgehead atoms. The minimum atomic E-state index is -0.121. The van der Waals surface area contributed by atoms with Crippen LogP contribution in [0.15, 0.2) is 0 Å². The van der Waals surface area contributed by atoms with Gasteiger partial charge in [0.1, 0.15) is 0 Å². The van der Waals surface area contributed by atoms with Crippen LogP contribution in [0.5, 0.6) is 0 Å². The van der Waals surface area contributed by atoms with Gasteiger partial charge in [-0.3, -0.25) is 0 Å². The van der Waals surface area contributed by atoms with Crippen LogP contribution < -0.4 is 0 Å². The molecule has 1 fully saturated rings. The third kappa shape index (κ3) is 4.97. The van der Waals surface area contributed by atoms with Crippen molar-refractivity contribution >= 4 is 0 Å². The SMILES string of the molecule is CCC1(CC)CCN(CCCCC(C)O)CC1. The second kappa shape index (κ2) is 7.38. The summed E-state index contributed by atoms with van der Waals surface area (Å²) in [6.07, 6.45) is 8.72. The molecule has 1 rings (SSSR count). The van der Waals surface area contributed by atoms with Gasteiger partial charge in [-0.25, -0.2) is 0 Å². The zero-order chi connectivity index (χ0) is 12.7. The molecule has 1 N–H and O–H groups in total. The first-order valence-electron chi connectivity index (χ1n) is 7.52. The molecule has 102 valence electrons. The third-order valence-corrected chi connectivity index (χ3v) is 4.76. The lowest BCUT2D eigenvalue weighted by Gasteiger charge is -2.41. The molecule has 1 atom stereocenters. The van der Waals surface area contributed by atoms with E-state index in [0.29, 0.717) is 5.41 Å². The fourth-order valence-electron chi connectivity index (χ4n) is 2.98. The van der Waals surface area contributed by atoms with Crippen molar-refractivity contribution in [1.29, 1.82) is 0 Å². The zero-order valence-corrected chi connectivity index (χ0v) is 12.0. The van der Waals surface area contributed by atoms with E-state index >= 15 is 0 Å². The molecule has 1 heterocycles. The maximum absolute atomic E-state index is 9.21. The number of aliphatic hydroxyl groups is 1. The molecule has 0 aliphatic carbocycles. The van der Waals surface area contributed by atoms with Gasteiger partial charge in [-0.15, -0.1) is 0 Å². The normalized spacial score (nSPS) is 22.6. The number of hydrogen-bond acceptors (Lipinski definition) is 2. The molecular formula is C15H31NO. The minimum absolute atomic E-state index is 0.121. The van der Waals surface area contributed by atoms with Gasteiger partial charge in [0, 0.05) is 0 Å². The first-order valence-corrected chi connectivity index (χ1v) is 7.52. The lowest BCUT2D eigenvalue weighted by molar-refractivity contribution is 0.0930. The molecule has 2 heteroatoms. The van der Waals surface area contributed by atoms with Crippen LogP contribution in [0.25, 0.3) is 0 Å². The van der Waals surface area contributed by atoms with Crippen molar-refractivity contribution in [3.63, 3.8) is 0 Å². The van der Waals surface area contributed by atoms with Gasteiger partial charge in [-0.1, -0.05) is 26.7 Å². The maximum Gasteiger partial charge on any atom is 0.0512 e. The number of rotatable bonds is 7. The Morgan fingerprint density at radius 2 is 1.71 bits per heavy atom. The predicted molar refractivity (Wildman–Crippen MR) is 74.2 cm³/mol. The Balaban J connectivity index is 2.14. The Morgan fingerprint density at radius 3 is 2.18 bits per heavy atom. The van der Waals surface area contributed by atoms with Gasteiger partial charge in [-0.05, 0) is 64.1 Å². The molecule has 1 unspecified atom stereocenters. The van der Waals surface area contributed by atoms with E-state index in [-0.39, 0.29) is 6.10 Å². The number of piperidine rings is 1. The summed E-state index contributed by atoms with van der Waals surface area (Å²) in [6.45, 7) is 10.4. The highest BCUT2D eigenvalue weighted by Gasteiger charge is 2.30. The quantitative estimate of drug-likeness (QED) is 0.690. The Kier molecular flexibility index (Phi) is 6.50. The summed E-state index contributed by atoms with van der Waals surface area (Å²) < 4.78 is 0. The van der Waals surface area contributed by atoms with E-state index in [1.807, 2.05) is 6.92 Å². The molecule has 0 saturated carbocycles. The van der Waals surface area contributed by atoms with Crippen LogP contribution in [0.3, 0.4) is 0 Å². The van der Waals surface area contributed by atoms with Crippen molar-refractivity contribution < 1.29 is 5.11 Å². The summed E-state index contributed by atoms with van der Waals surface area (Å²) in [5.74, 6) is 0. The van der Waals surface area contributed by atoms with Crippen LogP contribution in [0, 0.1) is 5.41 Å². The van der Waals surface area contributed by atoms with Gasteiger partial charge >= 0.3 is 0 Å². The summed E-state index contributed by atoms with van der Waals surface area (Å²) >= 11 is 0. The lowest BCUT2D eigenvalue weighted by atomic mass is 9.74. The Labute approximate surface area is 107 Å². The van der Waals surface area contributed by atoms with Crippen molar-refractivity contribution in [2.45, 2.75) is 71.8 Å². The second-order valence-corrected chi connectivity index (χ2v) is 5.89. The number of hydrogen-bond donors (Lipinski definition) is 1. The van der Waals surface area contributed by atoms with Crippen LogP contribution in [-0.2, 0) is 0 Å². The van der Waals surface area contributed by atoms with E-state index in [1.165, 1.54) is 58.2 Å². The highest BCUT2D eigenvalue weighted by atomic mass is 16.3. The van der Waals surface area contributed by atoms with E-state index in [4.69, 9.17) is 0 Å². The Hall–Kier alpha value is -0.0800. The fraction of sp³-hybridized carbons (Fsp3) is 1.00. The summed E-state index contributed by atoms with van der Waals surface area (Å²) in [5.41, 5.74) is 0.649. The van der Waals surface area contributed by atoms with Gasteiger partial charge < -0.3 is 10.0 Å². The molecule has 1 aliphatic rings. The molecule has 2 nitrogen and oxygen atoms in total. The van der Waals surface area contributed by atoms with Gasteiger partial charge in [-0.2, -0.15) is 0 Å². The molecule has 0 aromatic heterocycles. The molecule has 0 aromatic rings. The first-order chi connectivity index (χ1) is 8.12. The molecule has 0 amide bonds. The van der Waals surface area contributed by atoms with Crippen molar-refractivity contribution in [2.75, 3.05) is 19.6 Å². The van der Waals surface area contributed by atoms with E-state index in [2.05, 4.69) is 18.7 Å². The van der Waals surface area contributed by atoms with Crippen LogP contribution in [0.4, 0.5) is 0 Å². The van der Waals surface area contributed by atoms with Gasteiger partial charge in [0.25, 0.3) is 0 Å². The van der Waals surface area contributed by atoms with E-state index in [1.54, 1.807) is 0 Å². The van der Waals surface area contributed by atoms with Crippen molar-refractivity contribution in [3.05, 3.63) is 0 Å². The molecule has 17 heavy (non-hydrogen) atoms. The van der Waals surface area contributed by atoms with Crippen LogP contribution >= 0.6 is 0 Å². The first kappa shape index (κ1) is 15.0. The predicted octanol–water partition coefficient (Wildman–Crippen LogP) is 3.44. The number of likely N-dealkylation sites (tertiary alicyclic amines) is 1. The van der Waals surface area contributed by atoms with Gasteiger partial charge in [0.2, 0.25) is 0 Å². The third-order valence-electron chi connectivity index (χ3n) is 4.76. The molecule has 0 aromatic carbocycles. The standard InChI is InChI=1S/C15H31NO/c1-4-15(5-2)9-12-16(13-10-15)11-7-6-8-14(3)17/h14,17H,4-13H2,1-3H3. The zero-order valence-electron chi connectivity index (χ0n) is 12.0. The van der Waals surface area contributed by atoms with Gasteiger partial charge in [0.15, 0.2) is 0 Å². The van der Waals surface area contributed by atoms with Crippen LogP contribution in [-0.4, -0.2) is 35.7 Å². The van der Waals surface area contributed by atoms with Gasteiger partial charge in [0.05, 0.1) is 6.10 Å². The Bertz CT molecular complexity index is 189. The largest absolute Gasteiger partial charge is 0.393 e. The van der Waals surface area contributed by atoms with Crippen molar-refractivity contribution in [2.24, 2.45) is 5.41 Å². The summed E-state index contributed by atoms with van der Waals surface area (Å²) in [4.78, 5) is 2.62. The van der Waals surface area contributed by atoms with Crippen molar-refractivity contribution in [3.8, 4) is 0 Å². The summed E-state index contributed by atoms with van der Waals surface area (Å²) in [5, 5.41) is 9.21. The van der Waals surface area contributed by atoms with Crippen molar-refractivity contribution in [1.82, 2.24) is 4.90 Å². The minimum Gasteiger partial charge on any atom is -0.393 e. The number of unbranched alkanes of at least 4 members (excludes halogenated alkanes) is 1. The highest BCUT2D eigenvalue weighted by molar-refractivity contribution is 4.83. The monoisotopic (exact) mass is 241 g/mol. The maximum atomic E-state index is 9.21. The van der Waals surface area contributed by atoms with Crippen LogP contribution in [0.1, 0.15) is 65.7 Å². The topological polar surface area (TPSA) is 23.5 Å².